The van der Waals surface area contributed by atoms with Gasteiger partial charge in [-0.1, -0.05) is 109 Å². The van der Waals surface area contributed by atoms with Gasteiger partial charge in [-0.05, 0) is 34.4 Å². The topological polar surface area (TPSA) is 47.6 Å². The summed E-state index contributed by atoms with van der Waals surface area (Å²) in [6.45, 7) is 0. The molecule has 0 aliphatic heterocycles. The number of nitriles is 2. The molecule has 0 fully saturated rings. The van der Waals surface area contributed by atoms with Crippen molar-refractivity contribution in [3.63, 3.8) is 0 Å². The second kappa shape index (κ2) is 10.8. The van der Waals surface area contributed by atoms with Crippen molar-refractivity contribution in [2.24, 2.45) is 0 Å². The van der Waals surface area contributed by atoms with Crippen LogP contribution in [-0.4, -0.2) is 0 Å². The lowest BCUT2D eigenvalue weighted by Gasteiger charge is -2.04. The molecule has 0 saturated heterocycles. The van der Waals surface area contributed by atoms with Gasteiger partial charge in [-0.25, -0.2) is 0 Å². The van der Waals surface area contributed by atoms with E-state index in [1.807, 2.05) is 109 Å². The highest BCUT2D eigenvalue weighted by Crippen LogP contribution is 2.20. The molecule has 0 radical (unpaired) electrons. The average Bonchev–Trinajstić information content (AvgIpc) is 2.81. The first-order chi connectivity index (χ1) is 14.8. The Labute approximate surface area is 177 Å². The molecule has 0 unspecified atom stereocenters. The van der Waals surface area contributed by atoms with Crippen molar-refractivity contribution in [3.8, 4) is 12.1 Å². The van der Waals surface area contributed by atoms with E-state index >= 15 is 0 Å². The van der Waals surface area contributed by atoms with Crippen LogP contribution in [0, 0.1) is 22.7 Å². The van der Waals surface area contributed by atoms with Crippen molar-refractivity contribution >= 4 is 24.3 Å². The van der Waals surface area contributed by atoms with Crippen LogP contribution in [0.5, 0.6) is 0 Å². The molecule has 0 heterocycles. The smallest absolute Gasteiger partial charge is 0.101 e. The highest BCUT2D eigenvalue weighted by Gasteiger charge is 2.06. The van der Waals surface area contributed by atoms with Crippen molar-refractivity contribution in [2.45, 2.75) is 0 Å². The molecule has 2 heteroatoms. The molecular formula is C28H20N2. The second-order valence-electron chi connectivity index (χ2n) is 6.51. The molecule has 0 aliphatic rings. The Morgan fingerprint density at radius 3 is 1.23 bits per heavy atom. The van der Waals surface area contributed by atoms with E-state index in [4.69, 9.17) is 0 Å². The highest BCUT2D eigenvalue weighted by molar-refractivity contribution is 5.71. The summed E-state index contributed by atoms with van der Waals surface area (Å²) < 4.78 is 0. The minimum atomic E-state index is 0.376. The third kappa shape index (κ3) is 5.80. The molecule has 2 nitrogen and oxygen atoms in total. The van der Waals surface area contributed by atoms with Gasteiger partial charge in [-0.15, -0.1) is 0 Å². The molecule has 30 heavy (non-hydrogen) atoms. The quantitative estimate of drug-likeness (QED) is 0.435. The Balaban J connectivity index is 1.85. The molecule has 3 aromatic carbocycles. The van der Waals surface area contributed by atoms with Gasteiger partial charge in [0, 0.05) is 0 Å². The third-order valence-corrected chi connectivity index (χ3v) is 4.41. The highest BCUT2D eigenvalue weighted by atomic mass is 14.3. The summed E-state index contributed by atoms with van der Waals surface area (Å²) in [5.41, 5.74) is 4.75. The maximum atomic E-state index is 9.36. The van der Waals surface area contributed by atoms with Gasteiger partial charge in [0.15, 0.2) is 0 Å². The summed E-state index contributed by atoms with van der Waals surface area (Å²) in [6.07, 6.45) is 15.7. The number of hydrogen-bond acceptors (Lipinski definition) is 2. The van der Waals surface area contributed by atoms with Gasteiger partial charge in [0.25, 0.3) is 0 Å². The number of benzene rings is 3. The Hall–Kier alpha value is -4.40. The SMILES string of the molecule is N#Cc1cc(C=CC=Cc2ccccc2)c(C=CC=Cc2ccccc2)cc1C#N. The Bertz CT molecular complexity index is 1090. The summed E-state index contributed by atoms with van der Waals surface area (Å²) in [6, 6.07) is 27.8. The Kier molecular flexibility index (Phi) is 7.33. The Morgan fingerprint density at radius 1 is 0.500 bits per heavy atom. The van der Waals surface area contributed by atoms with E-state index < -0.39 is 0 Å². The van der Waals surface area contributed by atoms with Crippen LogP contribution in [0.2, 0.25) is 0 Å². The molecule has 0 spiro atoms. The van der Waals surface area contributed by atoms with Gasteiger partial charge >= 0.3 is 0 Å². The zero-order valence-corrected chi connectivity index (χ0v) is 16.4. The Morgan fingerprint density at radius 2 is 0.867 bits per heavy atom. The lowest BCUT2D eigenvalue weighted by Crippen LogP contribution is -1.89. The van der Waals surface area contributed by atoms with Crippen molar-refractivity contribution in [3.05, 3.63) is 130 Å². The van der Waals surface area contributed by atoms with E-state index in [1.54, 1.807) is 12.1 Å². The van der Waals surface area contributed by atoms with Gasteiger partial charge in [0.05, 0.1) is 11.1 Å². The lowest BCUT2D eigenvalue weighted by atomic mass is 9.98. The molecule has 0 aromatic heterocycles. The molecule has 0 bridgehead atoms. The number of rotatable bonds is 6. The van der Waals surface area contributed by atoms with Crippen LogP contribution in [0.15, 0.2) is 97.1 Å². The van der Waals surface area contributed by atoms with E-state index in [2.05, 4.69) is 12.1 Å². The molecule has 3 rings (SSSR count). The molecular weight excluding hydrogens is 364 g/mol. The number of nitrogens with zero attached hydrogens (tertiary/aromatic N) is 2. The maximum Gasteiger partial charge on any atom is 0.101 e. The van der Waals surface area contributed by atoms with Gasteiger partial charge in [-0.3, -0.25) is 0 Å². The zero-order valence-electron chi connectivity index (χ0n) is 16.4. The molecule has 0 aliphatic carbocycles. The van der Waals surface area contributed by atoms with E-state index in [0.29, 0.717) is 11.1 Å². The minimum Gasteiger partial charge on any atom is -0.192 e. The van der Waals surface area contributed by atoms with Gasteiger partial charge in [0.1, 0.15) is 12.1 Å². The van der Waals surface area contributed by atoms with Crippen LogP contribution in [0.1, 0.15) is 33.4 Å². The first-order valence-electron chi connectivity index (χ1n) is 9.58. The standard InChI is InChI=1S/C28H20N2/c29-21-27-19-25(17-9-7-15-23-11-3-1-4-12-23)26(20-28(27)22-30)18-10-8-16-24-13-5-2-6-14-24/h1-20H. The van der Waals surface area contributed by atoms with E-state index in [-0.39, 0.29) is 0 Å². The average molecular weight is 384 g/mol. The summed E-state index contributed by atoms with van der Waals surface area (Å²) >= 11 is 0. The van der Waals surface area contributed by atoms with Crippen LogP contribution in [0.25, 0.3) is 24.3 Å². The van der Waals surface area contributed by atoms with E-state index in [0.717, 1.165) is 22.3 Å². The zero-order chi connectivity index (χ0) is 21.0. The molecule has 0 amide bonds. The largest absolute Gasteiger partial charge is 0.192 e. The van der Waals surface area contributed by atoms with Crippen LogP contribution < -0.4 is 0 Å². The molecule has 0 saturated carbocycles. The van der Waals surface area contributed by atoms with Gasteiger partial charge in [0.2, 0.25) is 0 Å². The normalized spacial score (nSPS) is 11.4. The van der Waals surface area contributed by atoms with Crippen LogP contribution in [-0.2, 0) is 0 Å². The summed E-state index contributed by atoms with van der Waals surface area (Å²) in [5.74, 6) is 0. The van der Waals surface area contributed by atoms with Crippen LogP contribution >= 0.6 is 0 Å². The summed E-state index contributed by atoms with van der Waals surface area (Å²) in [5, 5.41) is 18.7. The molecule has 0 atom stereocenters. The fourth-order valence-corrected chi connectivity index (χ4v) is 2.89. The lowest BCUT2D eigenvalue weighted by molar-refractivity contribution is 1.42. The number of allylic oxidation sites excluding steroid dienone is 4. The maximum absolute atomic E-state index is 9.36. The third-order valence-electron chi connectivity index (χ3n) is 4.41. The molecule has 3 aromatic rings. The van der Waals surface area contributed by atoms with Crippen LogP contribution in [0.4, 0.5) is 0 Å². The number of hydrogen-bond donors (Lipinski definition) is 0. The fraction of sp³-hybridized carbons (Fsp3) is 0. The minimum absolute atomic E-state index is 0.376. The fourth-order valence-electron chi connectivity index (χ4n) is 2.89. The van der Waals surface area contributed by atoms with E-state index in [9.17, 15) is 10.5 Å². The predicted molar refractivity (Wildman–Crippen MR) is 125 cm³/mol. The first-order valence-corrected chi connectivity index (χ1v) is 9.58. The van der Waals surface area contributed by atoms with Crippen molar-refractivity contribution in [1.29, 1.82) is 10.5 Å². The van der Waals surface area contributed by atoms with Crippen LogP contribution in [0.3, 0.4) is 0 Å². The van der Waals surface area contributed by atoms with Gasteiger partial charge < -0.3 is 0 Å². The summed E-state index contributed by atoms with van der Waals surface area (Å²) in [4.78, 5) is 0. The second-order valence-corrected chi connectivity index (χ2v) is 6.51. The van der Waals surface area contributed by atoms with Crippen molar-refractivity contribution in [1.82, 2.24) is 0 Å². The molecule has 142 valence electrons. The first kappa shape index (κ1) is 20.3. The van der Waals surface area contributed by atoms with Crippen molar-refractivity contribution < 1.29 is 0 Å². The summed E-state index contributed by atoms with van der Waals surface area (Å²) in [7, 11) is 0. The predicted octanol–water partition coefficient (Wildman–Crippen LogP) is 6.88. The van der Waals surface area contributed by atoms with Crippen molar-refractivity contribution in [2.75, 3.05) is 0 Å². The van der Waals surface area contributed by atoms with Gasteiger partial charge in [-0.2, -0.15) is 10.5 Å². The molecule has 0 N–H and O–H groups in total. The van der Waals surface area contributed by atoms with E-state index in [1.165, 1.54) is 0 Å². The monoisotopic (exact) mass is 384 g/mol.